The second kappa shape index (κ2) is 8.52. The summed E-state index contributed by atoms with van der Waals surface area (Å²) in [5.74, 6) is 0.530. The molecular weight excluding hydrogens is 380 g/mol. The molecule has 1 amide bonds. The molecule has 150 valence electrons. The number of carbonyl (C=O) groups is 1. The molecule has 0 unspecified atom stereocenters. The number of amides is 1. The van der Waals surface area contributed by atoms with E-state index in [-0.39, 0.29) is 17.3 Å². The predicted octanol–water partition coefficient (Wildman–Crippen LogP) is 2.49. The largest absolute Gasteiger partial charge is 0.486 e. The lowest BCUT2D eigenvalue weighted by atomic mass is 10.2. The van der Waals surface area contributed by atoms with Crippen molar-refractivity contribution in [3.8, 4) is 11.5 Å². The van der Waals surface area contributed by atoms with E-state index in [0.29, 0.717) is 36.9 Å². The van der Waals surface area contributed by atoms with Gasteiger partial charge in [0.25, 0.3) is 10.0 Å². The number of benzene rings is 2. The van der Waals surface area contributed by atoms with E-state index in [1.807, 2.05) is 26.0 Å². The summed E-state index contributed by atoms with van der Waals surface area (Å²) in [6, 6.07) is 11.5. The van der Waals surface area contributed by atoms with Gasteiger partial charge in [-0.15, -0.1) is 0 Å². The summed E-state index contributed by atoms with van der Waals surface area (Å²) in [7, 11) is -3.98. The van der Waals surface area contributed by atoms with Gasteiger partial charge in [-0.1, -0.05) is 24.6 Å². The maximum absolute atomic E-state index is 13.4. The summed E-state index contributed by atoms with van der Waals surface area (Å²) in [5, 5.41) is 2.73. The minimum absolute atomic E-state index is 0.0422. The standard InChI is InChI=1S/C20H24N2O5S/c1-3-10-21-20(23)14-22(16-6-4-15(2)5-7-16)28(24,25)17-8-9-18-19(13-17)27-12-11-26-18/h4-9,13H,3,10-12,14H2,1-2H3,(H,21,23). The highest BCUT2D eigenvalue weighted by Crippen LogP contribution is 2.34. The third-order valence-corrected chi connectivity index (χ3v) is 6.05. The zero-order valence-electron chi connectivity index (χ0n) is 16.0. The molecule has 0 saturated carbocycles. The molecule has 0 radical (unpaired) electrons. The molecule has 0 bridgehead atoms. The number of anilines is 1. The third kappa shape index (κ3) is 4.39. The van der Waals surface area contributed by atoms with E-state index >= 15 is 0 Å². The summed E-state index contributed by atoms with van der Waals surface area (Å²) in [4.78, 5) is 12.3. The highest BCUT2D eigenvalue weighted by atomic mass is 32.2. The fourth-order valence-electron chi connectivity index (χ4n) is 2.79. The van der Waals surface area contributed by atoms with Crippen molar-refractivity contribution >= 4 is 21.6 Å². The second-order valence-corrected chi connectivity index (χ2v) is 8.36. The Hall–Kier alpha value is -2.74. The minimum Gasteiger partial charge on any atom is -0.486 e. The smallest absolute Gasteiger partial charge is 0.264 e. The molecule has 0 aromatic heterocycles. The van der Waals surface area contributed by atoms with E-state index in [9.17, 15) is 13.2 Å². The highest BCUT2D eigenvalue weighted by molar-refractivity contribution is 7.92. The van der Waals surface area contributed by atoms with Crippen LogP contribution in [0.25, 0.3) is 0 Å². The van der Waals surface area contributed by atoms with Gasteiger partial charge in [0.05, 0.1) is 10.6 Å². The number of hydrogen-bond acceptors (Lipinski definition) is 5. The first-order valence-corrected chi connectivity index (χ1v) is 10.6. The van der Waals surface area contributed by atoms with Gasteiger partial charge in [0.2, 0.25) is 5.91 Å². The first kappa shape index (κ1) is 20.0. The number of hydrogen-bond donors (Lipinski definition) is 1. The van der Waals surface area contributed by atoms with Crippen molar-refractivity contribution in [1.29, 1.82) is 0 Å². The van der Waals surface area contributed by atoms with E-state index in [0.717, 1.165) is 16.3 Å². The first-order valence-electron chi connectivity index (χ1n) is 9.17. The lowest BCUT2D eigenvalue weighted by Crippen LogP contribution is -2.41. The van der Waals surface area contributed by atoms with Crippen LogP contribution in [0.2, 0.25) is 0 Å². The van der Waals surface area contributed by atoms with Crippen LogP contribution in [0.4, 0.5) is 5.69 Å². The Morgan fingerprint density at radius 1 is 1.07 bits per heavy atom. The van der Waals surface area contributed by atoms with Crippen LogP contribution in [0, 0.1) is 6.92 Å². The predicted molar refractivity (Wildman–Crippen MR) is 106 cm³/mol. The van der Waals surface area contributed by atoms with Gasteiger partial charge < -0.3 is 14.8 Å². The fourth-order valence-corrected chi connectivity index (χ4v) is 4.23. The van der Waals surface area contributed by atoms with Gasteiger partial charge in [-0.05, 0) is 37.6 Å². The van der Waals surface area contributed by atoms with Crippen LogP contribution in [0.3, 0.4) is 0 Å². The average Bonchev–Trinajstić information content (AvgIpc) is 2.70. The fraction of sp³-hybridized carbons (Fsp3) is 0.350. The number of ether oxygens (including phenoxy) is 2. The molecule has 28 heavy (non-hydrogen) atoms. The molecule has 1 N–H and O–H groups in total. The molecule has 2 aromatic rings. The summed E-state index contributed by atoms with van der Waals surface area (Å²) < 4.78 is 38.8. The average molecular weight is 404 g/mol. The quantitative estimate of drug-likeness (QED) is 0.766. The zero-order chi connectivity index (χ0) is 20.1. The Labute approximate surface area is 165 Å². The lowest BCUT2D eigenvalue weighted by molar-refractivity contribution is -0.119. The first-order chi connectivity index (χ1) is 13.4. The van der Waals surface area contributed by atoms with Gasteiger partial charge in [0.1, 0.15) is 19.8 Å². The number of sulfonamides is 1. The van der Waals surface area contributed by atoms with Crippen molar-refractivity contribution in [3.05, 3.63) is 48.0 Å². The Kier molecular flexibility index (Phi) is 6.08. The monoisotopic (exact) mass is 404 g/mol. The summed E-state index contributed by atoms with van der Waals surface area (Å²) >= 11 is 0. The molecule has 2 aromatic carbocycles. The number of nitrogens with one attached hydrogen (secondary N) is 1. The van der Waals surface area contributed by atoms with Gasteiger partial charge in [-0.2, -0.15) is 0 Å². The molecular formula is C20H24N2O5S. The van der Waals surface area contributed by atoms with Crippen molar-refractivity contribution in [1.82, 2.24) is 5.32 Å². The van der Waals surface area contributed by atoms with Gasteiger partial charge in [-0.25, -0.2) is 8.42 Å². The van der Waals surface area contributed by atoms with Gasteiger partial charge in [0.15, 0.2) is 11.5 Å². The van der Waals surface area contributed by atoms with Crippen molar-refractivity contribution in [2.75, 3.05) is 30.6 Å². The molecule has 3 rings (SSSR count). The van der Waals surface area contributed by atoms with Crippen LogP contribution in [-0.2, 0) is 14.8 Å². The molecule has 1 aliphatic rings. The van der Waals surface area contributed by atoms with Crippen LogP contribution in [-0.4, -0.2) is 40.6 Å². The summed E-state index contributed by atoms with van der Waals surface area (Å²) in [6.07, 6.45) is 0.769. The van der Waals surface area contributed by atoms with E-state index in [4.69, 9.17) is 9.47 Å². The Morgan fingerprint density at radius 3 is 2.43 bits per heavy atom. The SMILES string of the molecule is CCCNC(=O)CN(c1ccc(C)cc1)S(=O)(=O)c1ccc2c(c1)OCCO2. The third-order valence-electron chi connectivity index (χ3n) is 4.28. The Bertz CT molecular complexity index is 942. The molecule has 0 aliphatic carbocycles. The molecule has 1 heterocycles. The van der Waals surface area contributed by atoms with Gasteiger partial charge in [0, 0.05) is 12.6 Å². The van der Waals surface area contributed by atoms with Crippen LogP contribution >= 0.6 is 0 Å². The van der Waals surface area contributed by atoms with Crippen LogP contribution in [0.15, 0.2) is 47.4 Å². The number of fused-ring (bicyclic) bond motifs is 1. The minimum atomic E-state index is -3.98. The number of carbonyl (C=O) groups excluding carboxylic acids is 1. The van der Waals surface area contributed by atoms with E-state index in [1.54, 1.807) is 18.2 Å². The number of nitrogens with zero attached hydrogens (tertiary/aromatic N) is 1. The van der Waals surface area contributed by atoms with E-state index in [1.165, 1.54) is 12.1 Å². The molecule has 0 spiro atoms. The zero-order valence-corrected chi connectivity index (χ0v) is 16.8. The van der Waals surface area contributed by atoms with Crippen LogP contribution < -0.4 is 19.1 Å². The molecule has 7 nitrogen and oxygen atoms in total. The topological polar surface area (TPSA) is 84.9 Å². The highest BCUT2D eigenvalue weighted by Gasteiger charge is 2.28. The molecule has 0 fully saturated rings. The van der Waals surface area contributed by atoms with E-state index < -0.39 is 10.0 Å². The molecule has 0 atom stereocenters. The lowest BCUT2D eigenvalue weighted by Gasteiger charge is -2.25. The van der Waals surface area contributed by atoms with Crippen molar-refractivity contribution < 1.29 is 22.7 Å². The summed E-state index contributed by atoms with van der Waals surface area (Å²) in [6.45, 7) is 4.82. The van der Waals surface area contributed by atoms with Gasteiger partial charge in [-0.3, -0.25) is 9.10 Å². The number of aryl methyl sites for hydroxylation is 1. The Balaban J connectivity index is 1.97. The van der Waals surface area contributed by atoms with Crippen LogP contribution in [0.1, 0.15) is 18.9 Å². The van der Waals surface area contributed by atoms with Crippen molar-refractivity contribution in [3.63, 3.8) is 0 Å². The van der Waals surface area contributed by atoms with Crippen molar-refractivity contribution in [2.45, 2.75) is 25.2 Å². The maximum Gasteiger partial charge on any atom is 0.264 e. The van der Waals surface area contributed by atoms with Crippen molar-refractivity contribution in [2.24, 2.45) is 0 Å². The molecule has 8 heteroatoms. The Morgan fingerprint density at radius 2 is 1.75 bits per heavy atom. The molecule has 1 aliphatic heterocycles. The van der Waals surface area contributed by atoms with Crippen LogP contribution in [0.5, 0.6) is 11.5 Å². The normalized spacial score (nSPS) is 13.1. The summed E-state index contributed by atoms with van der Waals surface area (Å²) in [5.41, 5.74) is 1.42. The molecule has 0 saturated heterocycles. The van der Waals surface area contributed by atoms with E-state index in [2.05, 4.69) is 5.32 Å². The second-order valence-electron chi connectivity index (χ2n) is 6.50. The van der Waals surface area contributed by atoms with Gasteiger partial charge >= 0.3 is 0 Å². The number of rotatable bonds is 7. The maximum atomic E-state index is 13.4.